The van der Waals surface area contributed by atoms with E-state index in [1.807, 2.05) is 13.0 Å². The normalized spacial score (nSPS) is 16.8. The minimum absolute atomic E-state index is 0.119. The molecule has 0 aromatic heterocycles. The minimum atomic E-state index is -1.40. The van der Waals surface area contributed by atoms with Gasteiger partial charge in [0.25, 0.3) is 5.69 Å². The summed E-state index contributed by atoms with van der Waals surface area (Å²) in [5.41, 5.74) is 0.101. The average molecular weight is 454 g/mol. The summed E-state index contributed by atoms with van der Waals surface area (Å²) in [4.78, 5) is 36.0. The Kier molecular flexibility index (Phi) is 6.91. The lowest BCUT2D eigenvalue weighted by molar-refractivity contribution is -0.385. The molecule has 0 saturated heterocycles. The van der Waals surface area contributed by atoms with Crippen LogP contribution in [0, 0.1) is 15.9 Å². The zero-order valence-electron chi connectivity index (χ0n) is 18.3. The number of halogens is 1. The van der Waals surface area contributed by atoms with Crippen molar-refractivity contribution < 1.29 is 28.7 Å². The number of benzene rings is 2. The van der Waals surface area contributed by atoms with Gasteiger partial charge in [0.15, 0.2) is 0 Å². The summed E-state index contributed by atoms with van der Waals surface area (Å²) in [5, 5.41) is 24.0. The van der Waals surface area contributed by atoms with Crippen LogP contribution in [0.3, 0.4) is 0 Å². The minimum Gasteiger partial charge on any atom is -0.478 e. The molecule has 1 heterocycles. The van der Waals surface area contributed by atoms with Crippen LogP contribution in [-0.2, 0) is 14.3 Å². The van der Waals surface area contributed by atoms with Crippen LogP contribution in [0.4, 0.5) is 10.1 Å². The van der Waals surface area contributed by atoms with Crippen LogP contribution in [0.15, 0.2) is 71.1 Å². The molecule has 9 heteroatoms. The number of nitrogens with zero attached hydrogens (tertiary/aromatic N) is 1. The van der Waals surface area contributed by atoms with Gasteiger partial charge < -0.3 is 15.2 Å². The fourth-order valence-electron chi connectivity index (χ4n) is 3.97. The molecule has 0 radical (unpaired) electrons. The molecule has 1 aliphatic rings. The molecule has 33 heavy (non-hydrogen) atoms. The van der Waals surface area contributed by atoms with E-state index in [0.717, 1.165) is 23.8 Å². The number of nitro groups is 1. The van der Waals surface area contributed by atoms with Gasteiger partial charge in [-0.1, -0.05) is 37.3 Å². The number of carbonyl (C=O) groups is 2. The quantitative estimate of drug-likeness (QED) is 0.352. The first-order chi connectivity index (χ1) is 15.6. The number of dihydropyridines is 1. The summed E-state index contributed by atoms with van der Waals surface area (Å²) >= 11 is 0. The zero-order chi connectivity index (χ0) is 24.3. The number of ether oxygens (including phenoxy) is 1. The highest BCUT2D eigenvalue weighted by molar-refractivity contribution is 5.99. The maximum absolute atomic E-state index is 14.9. The first-order valence-corrected chi connectivity index (χ1v) is 10.3. The number of esters is 1. The van der Waals surface area contributed by atoms with Gasteiger partial charge in [0.05, 0.1) is 22.0 Å². The molecule has 0 saturated carbocycles. The molecule has 2 N–H and O–H groups in total. The van der Waals surface area contributed by atoms with Crippen molar-refractivity contribution in [1.82, 2.24) is 5.32 Å². The second kappa shape index (κ2) is 9.64. The molecule has 2 aromatic carbocycles. The Morgan fingerprint density at radius 2 is 1.79 bits per heavy atom. The summed E-state index contributed by atoms with van der Waals surface area (Å²) in [6.07, 6.45) is -0.165. The first-order valence-electron chi connectivity index (χ1n) is 10.3. The van der Waals surface area contributed by atoms with Crippen LogP contribution in [-0.4, -0.2) is 22.0 Å². The monoisotopic (exact) mass is 454 g/mol. The molecule has 0 amide bonds. The predicted octanol–water partition coefficient (Wildman–Crippen LogP) is 4.75. The van der Waals surface area contributed by atoms with E-state index in [1.165, 1.54) is 6.92 Å². The van der Waals surface area contributed by atoms with E-state index >= 15 is 0 Å². The van der Waals surface area contributed by atoms with Gasteiger partial charge in [-0.2, -0.15) is 0 Å². The van der Waals surface area contributed by atoms with Crippen molar-refractivity contribution in [3.8, 4) is 0 Å². The number of aliphatic carboxylic acids is 1. The molecule has 0 fully saturated rings. The smallest absolute Gasteiger partial charge is 0.337 e. The Morgan fingerprint density at radius 1 is 1.15 bits per heavy atom. The van der Waals surface area contributed by atoms with Crippen LogP contribution >= 0.6 is 0 Å². The molecule has 2 aromatic rings. The van der Waals surface area contributed by atoms with E-state index in [1.54, 1.807) is 31.2 Å². The van der Waals surface area contributed by atoms with E-state index in [4.69, 9.17) is 4.74 Å². The van der Waals surface area contributed by atoms with Gasteiger partial charge in [-0.3, -0.25) is 10.1 Å². The van der Waals surface area contributed by atoms with Gasteiger partial charge in [0.2, 0.25) is 0 Å². The van der Waals surface area contributed by atoms with E-state index < -0.39 is 40.4 Å². The van der Waals surface area contributed by atoms with Gasteiger partial charge in [-0.15, -0.1) is 0 Å². The molecule has 0 unspecified atom stereocenters. The predicted molar refractivity (Wildman–Crippen MR) is 118 cm³/mol. The van der Waals surface area contributed by atoms with Crippen molar-refractivity contribution in [2.75, 3.05) is 0 Å². The van der Waals surface area contributed by atoms with Gasteiger partial charge in [-0.05, 0) is 31.9 Å². The molecule has 0 bridgehead atoms. The Balaban J connectivity index is 2.13. The van der Waals surface area contributed by atoms with Crippen LogP contribution in [0.1, 0.15) is 50.3 Å². The molecule has 2 atom stereocenters. The summed E-state index contributed by atoms with van der Waals surface area (Å²) in [6, 6.07) is 11.8. The van der Waals surface area contributed by atoms with Crippen LogP contribution < -0.4 is 5.32 Å². The standard InChI is InChI=1S/C24H23FN2O6/c1-4-19(15-8-6-5-7-9-15)33-24(30)21-14(3)26-13(2)20(23(28)29)22(21)17-12-16(27(31)32)10-11-18(17)25/h5-12,19,22,26H,4H2,1-3H3,(H,28,29)/t19-,22+/m0/s1. The van der Waals surface area contributed by atoms with Crippen molar-refractivity contribution in [2.45, 2.75) is 39.2 Å². The number of hydrogen-bond acceptors (Lipinski definition) is 6. The number of carbonyl (C=O) groups excluding carboxylic acids is 1. The third-order valence-electron chi connectivity index (χ3n) is 5.50. The number of nitro benzene ring substituents is 1. The highest BCUT2D eigenvalue weighted by Gasteiger charge is 2.40. The Hall–Kier alpha value is -4.01. The highest BCUT2D eigenvalue weighted by Crippen LogP contribution is 2.41. The maximum Gasteiger partial charge on any atom is 0.337 e. The Labute approximate surface area is 189 Å². The molecule has 1 aliphatic heterocycles. The van der Waals surface area contributed by atoms with E-state index in [0.29, 0.717) is 6.42 Å². The summed E-state index contributed by atoms with van der Waals surface area (Å²) in [6.45, 7) is 4.86. The van der Waals surface area contributed by atoms with Crippen LogP contribution in [0.25, 0.3) is 0 Å². The fraction of sp³-hybridized carbons (Fsp3) is 0.250. The SMILES string of the molecule is CC[C@H](OC(=O)C1=C(C)NC(C)=C(C(=O)O)[C@H]1c1cc([N+](=O)[O-])ccc1F)c1ccccc1. The van der Waals surface area contributed by atoms with Crippen molar-refractivity contribution in [3.05, 3.63) is 98.1 Å². The van der Waals surface area contributed by atoms with Crippen LogP contribution in [0.5, 0.6) is 0 Å². The molecule has 3 rings (SSSR count). The van der Waals surface area contributed by atoms with Crippen LogP contribution in [0.2, 0.25) is 0 Å². The lowest BCUT2D eigenvalue weighted by Gasteiger charge is -2.30. The van der Waals surface area contributed by atoms with E-state index in [2.05, 4.69) is 5.32 Å². The number of hydrogen-bond donors (Lipinski definition) is 2. The third kappa shape index (κ3) is 4.77. The molecule has 0 aliphatic carbocycles. The van der Waals surface area contributed by atoms with Crippen molar-refractivity contribution in [3.63, 3.8) is 0 Å². The van der Waals surface area contributed by atoms with Crippen molar-refractivity contribution in [1.29, 1.82) is 0 Å². The molecule has 0 spiro atoms. The topological polar surface area (TPSA) is 119 Å². The average Bonchev–Trinajstić information content (AvgIpc) is 2.77. The largest absolute Gasteiger partial charge is 0.478 e. The number of non-ortho nitro benzene ring substituents is 1. The number of nitrogens with one attached hydrogen (secondary N) is 1. The number of allylic oxidation sites excluding steroid dienone is 2. The zero-order valence-corrected chi connectivity index (χ0v) is 18.3. The summed E-state index contributed by atoms with van der Waals surface area (Å²) in [7, 11) is 0. The lowest BCUT2D eigenvalue weighted by atomic mass is 9.80. The fourth-order valence-corrected chi connectivity index (χ4v) is 3.97. The first kappa shape index (κ1) is 23.6. The number of carboxylic acids is 1. The van der Waals surface area contributed by atoms with Gasteiger partial charge in [0, 0.05) is 29.1 Å². The van der Waals surface area contributed by atoms with Crippen molar-refractivity contribution >= 4 is 17.6 Å². The molecular weight excluding hydrogens is 431 g/mol. The van der Waals surface area contributed by atoms with Gasteiger partial charge in [-0.25, -0.2) is 14.0 Å². The van der Waals surface area contributed by atoms with E-state index in [-0.39, 0.29) is 28.1 Å². The van der Waals surface area contributed by atoms with Gasteiger partial charge >= 0.3 is 11.9 Å². The second-order valence-corrected chi connectivity index (χ2v) is 7.62. The molecule has 8 nitrogen and oxygen atoms in total. The molecular formula is C24H23FN2O6. The molecule has 172 valence electrons. The van der Waals surface area contributed by atoms with Crippen molar-refractivity contribution in [2.24, 2.45) is 0 Å². The number of rotatable bonds is 7. The highest BCUT2D eigenvalue weighted by atomic mass is 19.1. The summed E-state index contributed by atoms with van der Waals surface area (Å²) in [5.74, 6) is -4.49. The van der Waals surface area contributed by atoms with Gasteiger partial charge in [0.1, 0.15) is 11.9 Å². The third-order valence-corrected chi connectivity index (χ3v) is 5.50. The lowest BCUT2D eigenvalue weighted by Crippen LogP contribution is -2.32. The Bertz CT molecular complexity index is 1170. The summed E-state index contributed by atoms with van der Waals surface area (Å²) < 4.78 is 20.6. The number of carboxylic acid groups (broad SMARTS) is 1. The van der Waals surface area contributed by atoms with E-state index in [9.17, 15) is 29.2 Å². The maximum atomic E-state index is 14.9. The second-order valence-electron chi connectivity index (χ2n) is 7.62. The Morgan fingerprint density at radius 3 is 2.36 bits per heavy atom.